The van der Waals surface area contributed by atoms with Crippen molar-refractivity contribution in [3.05, 3.63) is 17.2 Å². The molecule has 0 spiro atoms. The van der Waals surface area contributed by atoms with Crippen LogP contribution in [0.25, 0.3) is 0 Å². The number of urea groups is 1. The summed E-state index contributed by atoms with van der Waals surface area (Å²) in [6.45, 7) is 4.42. The molecule has 1 aliphatic heterocycles. The zero-order chi connectivity index (χ0) is 19.1. The van der Waals surface area contributed by atoms with Crippen LogP contribution in [0.15, 0.2) is 12.2 Å². The highest BCUT2D eigenvalue weighted by molar-refractivity contribution is 7.15. The number of amides is 4. The maximum atomic E-state index is 12.7. The molecule has 1 aromatic rings. The number of nitrogens with one attached hydrogen (secondary N) is 2. The fourth-order valence-corrected chi connectivity index (χ4v) is 5.04. The third kappa shape index (κ3) is 3.24. The smallest absolute Gasteiger partial charge is 0.321 e. The van der Waals surface area contributed by atoms with Gasteiger partial charge in [0, 0.05) is 19.0 Å². The molecule has 5 rings (SSSR count). The number of anilines is 1. The molecule has 1 saturated carbocycles. The summed E-state index contributed by atoms with van der Waals surface area (Å²) < 4.78 is 0. The maximum absolute atomic E-state index is 12.7. The normalized spacial score (nSPS) is 28.8. The van der Waals surface area contributed by atoms with Crippen molar-refractivity contribution in [2.75, 3.05) is 18.4 Å². The molecule has 27 heavy (non-hydrogen) atoms. The number of hydrogen-bond acceptors (Lipinski definition) is 6. The molecular formula is C18H23N5O3S. The van der Waals surface area contributed by atoms with E-state index in [1.54, 1.807) is 0 Å². The Bertz CT molecular complexity index is 773. The predicted octanol–water partition coefficient (Wildman–Crippen LogP) is 1.98. The summed E-state index contributed by atoms with van der Waals surface area (Å²) in [6.07, 6.45) is 6.17. The van der Waals surface area contributed by atoms with Crippen molar-refractivity contribution >= 4 is 34.3 Å². The topological polar surface area (TPSA) is 104 Å². The molecule has 4 unspecified atom stereocenters. The van der Waals surface area contributed by atoms with E-state index >= 15 is 0 Å². The van der Waals surface area contributed by atoms with E-state index in [9.17, 15) is 14.4 Å². The first-order chi connectivity index (χ1) is 13.0. The number of carbonyl (C=O) groups excluding carboxylic acids is 3. The number of rotatable bonds is 5. The lowest BCUT2D eigenvalue weighted by Gasteiger charge is -2.38. The second-order valence-electron chi connectivity index (χ2n) is 7.65. The standard InChI is InChI=1S/C18H23N5O3S/c1-9(2)14-21-22-18(27-14)20-17(26)19-7-8-23-15(24)12-10-3-4-11(6-5-10)13(12)16(23)25/h3-4,9-13H,5-8H2,1-2H3,(H2,19,20,22,26). The van der Waals surface area contributed by atoms with Gasteiger partial charge in [-0.05, 0) is 24.7 Å². The van der Waals surface area contributed by atoms with E-state index in [2.05, 4.69) is 33.0 Å². The van der Waals surface area contributed by atoms with Crippen LogP contribution < -0.4 is 10.6 Å². The van der Waals surface area contributed by atoms with E-state index in [-0.39, 0.29) is 54.5 Å². The Hall–Kier alpha value is -2.29. The van der Waals surface area contributed by atoms with Crippen LogP contribution in [0.5, 0.6) is 0 Å². The molecule has 4 aliphatic rings. The van der Waals surface area contributed by atoms with Gasteiger partial charge in [0.05, 0.1) is 11.8 Å². The maximum Gasteiger partial charge on any atom is 0.321 e. The monoisotopic (exact) mass is 389 g/mol. The Balaban J connectivity index is 1.29. The van der Waals surface area contributed by atoms with E-state index in [4.69, 9.17) is 0 Å². The van der Waals surface area contributed by atoms with Crippen LogP contribution in [0.1, 0.15) is 37.6 Å². The molecular weight excluding hydrogens is 366 g/mol. The summed E-state index contributed by atoms with van der Waals surface area (Å²) >= 11 is 1.33. The number of likely N-dealkylation sites (tertiary alicyclic amines) is 1. The quantitative estimate of drug-likeness (QED) is 0.592. The molecule has 9 heteroatoms. The van der Waals surface area contributed by atoms with Gasteiger partial charge in [0.25, 0.3) is 0 Å². The third-order valence-corrected chi connectivity index (χ3v) is 6.77. The zero-order valence-electron chi connectivity index (χ0n) is 15.3. The highest BCUT2D eigenvalue weighted by Gasteiger charge is 2.56. The van der Waals surface area contributed by atoms with Gasteiger partial charge in [-0.1, -0.05) is 37.3 Å². The van der Waals surface area contributed by atoms with Gasteiger partial charge in [0.1, 0.15) is 5.01 Å². The molecule has 0 radical (unpaired) electrons. The van der Waals surface area contributed by atoms with Gasteiger partial charge < -0.3 is 5.32 Å². The van der Waals surface area contributed by atoms with E-state index in [1.165, 1.54) is 16.2 Å². The van der Waals surface area contributed by atoms with Crippen molar-refractivity contribution in [2.45, 2.75) is 32.6 Å². The molecule has 0 aromatic carbocycles. The van der Waals surface area contributed by atoms with Gasteiger partial charge in [-0.2, -0.15) is 0 Å². The summed E-state index contributed by atoms with van der Waals surface area (Å²) in [6, 6.07) is -0.417. The Labute approximate surface area is 161 Å². The van der Waals surface area contributed by atoms with E-state index in [1.807, 2.05) is 13.8 Å². The minimum atomic E-state index is -0.417. The van der Waals surface area contributed by atoms with E-state index in [0.29, 0.717) is 5.13 Å². The van der Waals surface area contributed by atoms with Gasteiger partial charge in [-0.15, -0.1) is 10.2 Å². The highest BCUT2D eigenvalue weighted by Crippen LogP contribution is 2.49. The number of carbonyl (C=O) groups is 3. The predicted molar refractivity (Wildman–Crippen MR) is 100 cm³/mol. The molecule has 4 amide bonds. The largest absolute Gasteiger partial charge is 0.336 e. The number of nitrogens with zero attached hydrogens (tertiary/aromatic N) is 3. The fraction of sp³-hybridized carbons (Fsp3) is 0.611. The lowest BCUT2D eigenvalue weighted by molar-refractivity contribution is -0.140. The number of allylic oxidation sites excluding steroid dienone is 2. The van der Waals surface area contributed by atoms with Gasteiger partial charge in [-0.3, -0.25) is 19.8 Å². The lowest BCUT2D eigenvalue weighted by atomic mass is 9.63. The van der Waals surface area contributed by atoms with Crippen LogP contribution in [-0.2, 0) is 9.59 Å². The average Bonchev–Trinajstić information content (AvgIpc) is 3.22. The average molecular weight is 389 g/mol. The summed E-state index contributed by atoms with van der Waals surface area (Å²) in [5.74, 6) is 0.0444. The van der Waals surface area contributed by atoms with Crippen molar-refractivity contribution < 1.29 is 14.4 Å². The van der Waals surface area contributed by atoms with Crippen LogP contribution in [0.3, 0.4) is 0 Å². The van der Waals surface area contributed by atoms with Gasteiger partial charge in [0.15, 0.2) is 0 Å². The van der Waals surface area contributed by atoms with Crippen molar-refractivity contribution in [3.63, 3.8) is 0 Å². The van der Waals surface area contributed by atoms with Gasteiger partial charge in [-0.25, -0.2) is 4.79 Å². The second kappa shape index (κ2) is 7.03. The SMILES string of the molecule is CC(C)c1nnc(NC(=O)NCCN2C(=O)C3C4C=CC(CC4)C3C2=O)s1. The van der Waals surface area contributed by atoms with E-state index < -0.39 is 6.03 Å². The first-order valence-electron chi connectivity index (χ1n) is 9.37. The van der Waals surface area contributed by atoms with Crippen molar-refractivity contribution in [1.82, 2.24) is 20.4 Å². The minimum Gasteiger partial charge on any atom is -0.336 e. The molecule has 2 heterocycles. The number of aromatic nitrogens is 2. The fourth-order valence-electron chi connectivity index (χ4n) is 4.30. The molecule has 3 aliphatic carbocycles. The summed E-state index contributed by atoms with van der Waals surface area (Å²) in [4.78, 5) is 38.7. The Morgan fingerprint density at radius 1 is 1.19 bits per heavy atom. The van der Waals surface area contributed by atoms with E-state index in [0.717, 1.165) is 17.8 Å². The molecule has 2 N–H and O–H groups in total. The first-order valence-corrected chi connectivity index (χ1v) is 10.2. The Morgan fingerprint density at radius 2 is 1.81 bits per heavy atom. The van der Waals surface area contributed by atoms with Crippen molar-refractivity contribution in [3.8, 4) is 0 Å². The first kappa shape index (κ1) is 18.1. The lowest BCUT2D eigenvalue weighted by Crippen LogP contribution is -2.40. The van der Waals surface area contributed by atoms with Crippen LogP contribution in [-0.4, -0.2) is 46.0 Å². The second-order valence-corrected chi connectivity index (χ2v) is 8.66. The zero-order valence-corrected chi connectivity index (χ0v) is 16.2. The molecule has 1 saturated heterocycles. The van der Waals surface area contributed by atoms with Crippen LogP contribution in [0.4, 0.5) is 9.93 Å². The molecule has 8 nitrogen and oxygen atoms in total. The molecule has 1 aromatic heterocycles. The summed E-state index contributed by atoms with van der Waals surface area (Å²) in [5.41, 5.74) is 0. The molecule has 4 atom stereocenters. The Morgan fingerprint density at radius 3 is 2.33 bits per heavy atom. The molecule has 2 bridgehead atoms. The van der Waals surface area contributed by atoms with Crippen molar-refractivity contribution in [1.29, 1.82) is 0 Å². The van der Waals surface area contributed by atoms with Crippen LogP contribution in [0, 0.1) is 23.7 Å². The number of imide groups is 1. The number of hydrogen-bond donors (Lipinski definition) is 2. The van der Waals surface area contributed by atoms with Crippen LogP contribution >= 0.6 is 11.3 Å². The summed E-state index contributed by atoms with van der Waals surface area (Å²) in [7, 11) is 0. The van der Waals surface area contributed by atoms with Gasteiger partial charge >= 0.3 is 6.03 Å². The van der Waals surface area contributed by atoms with Crippen LogP contribution in [0.2, 0.25) is 0 Å². The highest BCUT2D eigenvalue weighted by atomic mass is 32.1. The third-order valence-electron chi connectivity index (χ3n) is 5.63. The minimum absolute atomic E-state index is 0.0862. The van der Waals surface area contributed by atoms with Gasteiger partial charge in [0.2, 0.25) is 16.9 Å². The van der Waals surface area contributed by atoms with Crippen molar-refractivity contribution in [2.24, 2.45) is 23.7 Å². The number of fused-ring (bicyclic) bond motifs is 1. The molecule has 2 fully saturated rings. The molecule has 144 valence electrons. The Kier molecular flexibility index (Phi) is 4.71. The summed E-state index contributed by atoms with van der Waals surface area (Å²) in [5, 5.41) is 14.5.